The van der Waals surface area contributed by atoms with Crippen molar-refractivity contribution in [2.45, 2.75) is 43.6 Å². The van der Waals surface area contributed by atoms with Crippen LogP contribution in [0.25, 0.3) is 11.4 Å². The first-order chi connectivity index (χ1) is 15.3. The van der Waals surface area contributed by atoms with Gasteiger partial charge in [0.05, 0.1) is 12.3 Å². The number of aromatic hydroxyl groups is 1. The van der Waals surface area contributed by atoms with E-state index in [1.165, 1.54) is 23.4 Å². The van der Waals surface area contributed by atoms with Gasteiger partial charge in [-0.25, -0.2) is 0 Å². The normalized spacial score (nSPS) is 11.6. The van der Waals surface area contributed by atoms with E-state index in [2.05, 4.69) is 71.9 Å². The lowest BCUT2D eigenvalue weighted by Gasteiger charge is -2.19. The molecule has 0 unspecified atom stereocenters. The zero-order chi connectivity index (χ0) is 22.7. The largest absolute Gasteiger partial charge is 0.502 e. The summed E-state index contributed by atoms with van der Waals surface area (Å²) in [5.41, 5.74) is 3.00. The molecule has 0 fully saturated rings. The predicted octanol–water partition coefficient (Wildman–Crippen LogP) is 5.24. The molecule has 1 N–H and O–H groups in total. The molecule has 0 atom stereocenters. The topological polar surface area (TPSA) is 81.2 Å². The molecule has 32 heavy (non-hydrogen) atoms. The Bertz CT molecular complexity index is 1260. The molecule has 0 saturated heterocycles. The lowest BCUT2D eigenvalue weighted by molar-refractivity contribution is 0.419. The molecule has 0 aliphatic heterocycles. The van der Waals surface area contributed by atoms with Crippen molar-refractivity contribution >= 4 is 11.8 Å². The molecule has 0 saturated carbocycles. The third kappa shape index (κ3) is 4.94. The lowest BCUT2D eigenvalue weighted by Crippen LogP contribution is -2.10. The van der Waals surface area contributed by atoms with Crippen LogP contribution in [0.5, 0.6) is 5.75 Å². The van der Waals surface area contributed by atoms with E-state index in [0.29, 0.717) is 18.1 Å². The molecule has 4 rings (SSSR count). The molecule has 6 nitrogen and oxygen atoms in total. The van der Waals surface area contributed by atoms with Gasteiger partial charge in [-0.2, -0.15) is 0 Å². The fourth-order valence-corrected chi connectivity index (χ4v) is 4.12. The molecule has 0 aliphatic carbocycles. The highest BCUT2D eigenvalue weighted by molar-refractivity contribution is 7.98. The van der Waals surface area contributed by atoms with Crippen LogP contribution in [-0.4, -0.2) is 19.9 Å². The van der Waals surface area contributed by atoms with Crippen LogP contribution >= 0.6 is 11.8 Å². The van der Waals surface area contributed by atoms with Crippen LogP contribution in [0.2, 0.25) is 0 Å². The van der Waals surface area contributed by atoms with Crippen molar-refractivity contribution < 1.29 is 9.52 Å². The minimum Gasteiger partial charge on any atom is -0.502 e. The minimum absolute atomic E-state index is 0.0747. The van der Waals surface area contributed by atoms with Crippen LogP contribution in [0.15, 0.2) is 81.3 Å². The predicted molar refractivity (Wildman–Crippen MR) is 126 cm³/mol. The summed E-state index contributed by atoms with van der Waals surface area (Å²) in [5, 5.41) is 19.0. The zero-order valence-corrected chi connectivity index (χ0v) is 19.1. The Labute approximate surface area is 191 Å². The second-order valence-electron chi connectivity index (χ2n) is 8.59. The maximum absolute atomic E-state index is 11.7. The Hall–Kier alpha value is -3.32. The first-order valence-electron chi connectivity index (χ1n) is 10.3. The molecular weight excluding hydrogens is 422 g/mol. The van der Waals surface area contributed by atoms with E-state index < -0.39 is 11.2 Å². The van der Waals surface area contributed by atoms with Crippen molar-refractivity contribution in [3.63, 3.8) is 0 Å². The standard InChI is InChI=1S/C25H25N3O3S/c1-25(2,3)19-11-9-18(10-12-19)23-26-27-24(28(23)14-17-7-5-4-6-8-17)32-16-20-13-21(29)22(30)15-31-20/h4-13,15,30H,14,16H2,1-3H3. The second kappa shape index (κ2) is 9.04. The van der Waals surface area contributed by atoms with Crippen LogP contribution in [0.1, 0.15) is 37.7 Å². The summed E-state index contributed by atoms with van der Waals surface area (Å²) in [6.45, 7) is 7.19. The van der Waals surface area contributed by atoms with Gasteiger partial charge in [0.15, 0.2) is 16.7 Å². The van der Waals surface area contributed by atoms with Crippen molar-refractivity contribution in [3.05, 3.63) is 94.0 Å². The van der Waals surface area contributed by atoms with Gasteiger partial charge in [0.1, 0.15) is 12.0 Å². The van der Waals surface area contributed by atoms with Crippen molar-refractivity contribution in [2.75, 3.05) is 0 Å². The van der Waals surface area contributed by atoms with Crippen LogP contribution in [0, 0.1) is 0 Å². The number of hydrogen-bond donors (Lipinski definition) is 1. The van der Waals surface area contributed by atoms with E-state index in [9.17, 15) is 9.90 Å². The van der Waals surface area contributed by atoms with Gasteiger partial charge in [-0.3, -0.25) is 9.36 Å². The van der Waals surface area contributed by atoms with Gasteiger partial charge >= 0.3 is 0 Å². The van der Waals surface area contributed by atoms with Crippen LogP contribution < -0.4 is 5.43 Å². The van der Waals surface area contributed by atoms with Gasteiger partial charge in [-0.05, 0) is 16.5 Å². The number of aromatic nitrogens is 3. The quantitative estimate of drug-likeness (QED) is 0.407. The average molecular weight is 448 g/mol. The number of benzene rings is 2. The summed E-state index contributed by atoms with van der Waals surface area (Å²) in [6, 6.07) is 19.9. The summed E-state index contributed by atoms with van der Waals surface area (Å²) >= 11 is 1.43. The van der Waals surface area contributed by atoms with Crippen LogP contribution in [0.4, 0.5) is 0 Å². The Morgan fingerprint density at radius 2 is 1.75 bits per heavy atom. The molecule has 0 aliphatic rings. The summed E-state index contributed by atoms with van der Waals surface area (Å²) in [5.74, 6) is 1.24. The summed E-state index contributed by atoms with van der Waals surface area (Å²) < 4.78 is 7.40. The van der Waals surface area contributed by atoms with E-state index in [1.807, 2.05) is 18.2 Å². The SMILES string of the molecule is CC(C)(C)c1ccc(-c2nnc(SCc3cc(=O)c(O)co3)n2Cc2ccccc2)cc1. The maximum Gasteiger partial charge on any atom is 0.226 e. The molecule has 0 radical (unpaired) electrons. The smallest absolute Gasteiger partial charge is 0.226 e. The van der Waals surface area contributed by atoms with Crippen molar-refractivity contribution in [1.82, 2.24) is 14.8 Å². The molecule has 2 aromatic heterocycles. The monoisotopic (exact) mass is 447 g/mol. The second-order valence-corrected chi connectivity index (χ2v) is 9.53. The molecular formula is C25H25N3O3S. The highest BCUT2D eigenvalue weighted by Gasteiger charge is 2.18. The van der Waals surface area contributed by atoms with Gasteiger partial charge in [0, 0.05) is 11.6 Å². The molecule has 0 bridgehead atoms. The van der Waals surface area contributed by atoms with Crippen molar-refractivity contribution in [3.8, 4) is 17.1 Å². The molecule has 2 heterocycles. The molecule has 7 heteroatoms. The van der Waals surface area contributed by atoms with E-state index in [1.54, 1.807) is 0 Å². The van der Waals surface area contributed by atoms with Gasteiger partial charge < -0.3 is 9.52 Å². The van der Waals surface area contributed by atoms with Gasteiger partial charge in [0.25, 0.3) is 0 Å². The number of rotatable bonds is 6. The Morgan fingerprint density at radius 1 is 1.03 bits per heavy atom. The van der Waals surface area contributed by atoms with E-state index in [0.717, 1.165) is 28.4 Å². The van der Waals surface area contributed by atoms with Gasteiger partial charge in [-0.1, -0.05) is 87.1 Å². The molecule has 0 spiro atoms. The third-order valence-corrected chi connectivity index (χ3v) is 6.11. The van der Waals surface area contributed by atoms with Crippen molar-refractivity contribution in [2.24, 2.45) is 0 Å². The Balaban J connectivity index is 1.66. The van der Waals surface area contributed by atoms with Crippen molar-refractivity contribution in [1.29, 1.82) is 0 Å². The lowest BCUT2D eigenvalue weighted by atomic mass is 9.87. The highest BCUT2D eigenvalue weighted by atomic mass is 32.2. The number of hydrogen-bond acceptors (Lipinski definition) is 6. The minimum atomic E-state index is -0.461. The summed E-state index contributed by atoms with van der Waals surface area (Å²) in [4.78, 5) is 11.7. The van der Waals surface area contributed by atoms with Crippen LogP contribution in [-0.2, 0) is 17.7 Å². The molecule has 164 valence electrons. The number of nitrogens with zero attached hydrogens (tertiary/aromatic N) is 3. The fourth-order valence-electron chi connectivity index (χ4n) is 3.29. The maximum atomic E-state index is 11.7. The van der Waals surface area contributed by atoms with Crippen LogP contribution in [0.3, 0.4) is 0 Å². The van der Waals surface area contributed by atoms with E-state index >= 15 is 0 Å². The Morgan fingerprint density at radius 3 is 2.41 bits per heavy atom. The highest BCUT2D eigenvalue weighted by Crippen LogP contribution is 2.29. The molecule has 4 aromatic rings. The van der Waals surface area contributed by atoms with Gasteiger partial charge in [0.2, 0.25) is 5.43 Å². The first-order valence-corrected chi connectivity index (χ1v) is 11.3. The first kappa shape index (κ1) is 21.9. The summed E-state index contributed by atoms with van der Waals surface area (Å²) in [6.07, 6.45) is 1.06. The molecule has 0 amide bonds. The zero-order valence-electron chi connectivity index (χ0n) is 18.3. The Kier molecular flexibility index (Phi) is 6.19. The van der Waals surface area contributed by atoms with E-state index in [-0.39, 0.29) is 5.41 Å². The summed E-state index contributed by atoms with van der Waals surface area (Å²) in [7, 11) is 0. The average Bonchev–Trinajstić information content (AvgIpc) is 3.17. The van der Waals surface area contributed by atoms with Gasteiger partial charge in [-0.15, -0.1) is 10.2 Å². The molecule has 2 aromatic carbocycles. The number of thioether (sulfide) groups is 1. The fraction of sp³-hybridized carbons (Fsp3) is 0.240. The third-order valence-electron chi connectivity index (χ3n) is 5.12. The van der Waals surface area contributed by atoms with E-state index in [4.69, 9.17) is 4.42 Å².